The lowest BCUT2D eigenvalue weighted by molar-refractivity contribution is 0.0755. The summed E-state index contributed by atoms with van der Waals surface area (Å²) in [5, 5.41) is 13.6. The van der Waals surface area contributed by atoms with Crippen LogP contribution in [0.2, 0.25) is 0 Å². The molecule has 6 nitrogen and oxygen atoms in total. The van der Waals surface area contributed by atoms with Crippen LogP contribution < -0.4 is 5.32 Å². The lowest BCUT2D eigenvalue weighted by atomic mass is 9.99. The van der Waals surface area contributed by atoms with Gasteiger partial charge in [0.1, 0.15) is 11.6 Å². The molecular weight excluding hydrogens is 488 g/mol. The zero-order chi connectivity index (χ0) is 28.1. The number of carbonyl (C=O) groups excluding carboxylic acids is 2. The molecule has 2 rings (SSSR count). The van der Waals surface area contributed by atoms with Crippen molar-refractivity contribution in [3.8, 4) is 0 Å². The molecule has 0 bridgehead atoms. The first-order chi connectivity index (χ1) is 18.2. The fourth-order valence-corrected chi connectivity index (χ4v) is 4.08. The maximum atomic E-state index is 13.8. The van der Waals surface area contributed by atoms with Gasteiger partial charge in [-0.15, -0.1) is 0 Å². The van der Waals surface area contributed by atoms with Crippen molar-refractivity contribution >= 4 is 18.0 Å². The predicted octanol–water partition coefficient (Wildman–Crippen LogP) is 5.05. The van der Waals surface area contributed by atoms with Gasteiger partial charge < -0.3 is 15.3 Å². The van der Waals surface area contributed by atoms with Crippen LogP contribution in [0.3, 0.4) is 0 Å². The van der Waals surface area contributed by atoms with E-state index in [1.165, 1.54) is 12.3 Å². The van der Waals surface area contributed by atoms with Gasteiger partial charge in [0.05, 0.1) is 18.7 Å². The largest absolute Gasteiger partial charge is 0.389 e. The summed E-state index contributed by atoms with van der Waals surface area (Å²) < 4.78 is 27.6. The molecule has 0 aliphatic carbocycles. The second-order valence-electron chi connectivity index (χ2n) is 9.14. The SMILES string of the molecule is C=C/C=C\C=NCC(O)C(Cc1cc(F)cc(F)c1)NC(=O)c1cc(C)cc(C(=O)N(CCC)CCC)c1. The molecule has 204 valence electrons. The van der Waals surface area contributed by atoms with E-state index in [0.717, 1.165) is 36.6 Å². The van der Waals surface area contributed by atoms with Crippen molar-refractivity contribution in [1.82, 2.24) is 10.2 Å². The highest BCUT2D eigenvalue weighted by Gasteiger charge is 2.24. The molecule has 0 heterocycles. The van der Waals surface area contributed by atoms with Crippen LogP contribution in [0.4, 0.5) is 8.78 Å². The van der Waals surface area contributed by atoms with Crippen LogP contribution in [0.25, 0.3) is 0 Å². The number of carbonyl (C=O) groups is 2. The van der Waals surface area contributed by atoms with Gasteiger partial charge in [0.15, 0.2) is 0 Å². The van der Waals surface area contributed by atoms with Gasteiger partial charge in [-0.25, -0.2) is 8.78 Å². The molecule has 0 aliphatic rings. The maximum absolute atomic E-state index is 13.8. The lowest BCUT2D eigenvalue weighted by Crippen LogP contribution is -2.46. The first-order valence-electron chi connectivity index (χ1n) is 12.8. The molecule has 0 fully saturated rings. The van der Waals surface area contributed by atoms with Crippen molar-refractivity contribution in [3.05, 3.63) is 95.1 Å². The van der Waals surface area contributed by atoms with E-state index in [2.05, 4.69) is 16.9 Å². The van der Waals surface area contributed by atoms with Crippen molar-refractivity contribution in [2.75, 3.05) is 19.6 Å². The van der Waals surface area contributed by atoms with E-state index in [0.29, 0.717) is 18.7 Å². The number of aliphatic hydroxyl groups excluding tert-OH is 1. The van der Waals surface area contributed by atoms with Gasteiger partial charge in [0.2, 0.25) is 0 Å². The highest BCUT2D eigenvalue weighted by atomic mass is 19.1. The Kier molecular flexibility index (Phi) is 12.5. The molecule has 2 N–H and O–H groups in total. The van der Waals surface area contributed by atoms with Gasteiger partial charge in [-0.2, -0.15) is 0 Å². The predicted molar refractivity (Wildman–Crippen MR) is 148 cm³/mol. The Morgan fingerprint density at radius 3 is 2.26 bits per heavy atom. The van der Waals surface area contributed by atoms with Gasteiger partial charge in [-0.1, -0.05) is 32.6 Å². The highest BCUT2D eigenvalue weighted by molar-refractivity contribution is 6.00. The molecule has 0 aliphatic heterocycles. The van der Waals surface area contributed by atoms with Gasteiger partial charge >= 0.3 is 0 Å². The van der Waals surface area contributed by atoms with Gasteiger partial charge in [-0.05, 0) is 73.7 Å². The summed E-state index contributed by atoms with van der Waals surface area (Å²) in [5.41, 5.74) is 1.66. The first-order valence-corrected chi connectivity index (χ1v) is 12.8. The van der Waals surface area contributed by atoms with Crippen molar-refractivity contribution < 1.29 is 23.5 Å². The van der Waals surface area contributed by atoms with Crippen LogP contribution >= 0.6 is 0 Å². The number of aliphatic hydroxyl groups is 1. The minimum absolute atomic E-state index is 0.0298. The van der Waals surface area contributed by atoms with E-state index in [4.69, 9.17) is 0 Å². The number of nitrogens with one attached hydrogen (secondary N) is 1. The molecule has 2 aromatic rings. The first kappa shape index (κ1) is 30.6. The number of allylic oxidation sites excluding steroid dienone is 3. The summed E-state index contributed by atoms with van der Waals surface area (Å²) >= 11 is 0. The van der Waals surface area contributed by atoms with E-state index >= 15 is 0 Å². The molecule has 8 heteroatoms. The summed E-state index contributed by atoms with van der Waals surface area (Å²) in [4.78, 5) is 32.3. The fourth-order valence-electron chi connectivity index (χ4n) is 4.08. The van der Waals surface area contributed by atoms with Crippen LogP contribution in [0, 0.1) is 18.6 Å². The number of aryl methyl sites for hydroxylation is 1. The maximum Gasteiger partial charge on any atom is 0.253 e. The van der Waals surface area contributed by atoms with Crippen molar-refractivity contribution in [1.29, 1.82) is 0 Å². The quantitative estimate of drug-likeness (QED) is 0.268. The minimum atomic E-state index is -1.14. The molecule has 0 saturated carbocycles. The Bertz CT molecular complexity index is 1140. The van der Waals surface area contributed by atoms with E-state index in [1.54, 1.807) is 42.2 Å². The molecule has 0 radical (unpaired) electrons. The summed E-state index contributed by atoms with van der Waals surface area (Å²) in [6, 6.07) is 7.10. The number of halogens is 2. The van der Waals surface area contributed by atoms with Crippen LogP contribution in [0.1, 0.15) is 58.5 Å². The Hall–Kier alpha value is -3.65. The summed E-state index contributed by atoms with van der Waals surface area (Å²) in [6.07, 6.45) is 6.84. The Balaban J connectivity index is 2.32. The third-order valence-electron chi connectivity index (χ3n) is 5.75. The fraction of sp³-hybridized carbons (Fsp3) is 0.367. The lowest BCUT2D eigenvalue weighted by Gasteiger charge is -2.24. The normalized spacial score (nSPS) is 13.0. The number of hydrogen-bond donors (Lipinski definition) is 2. The van der Waals surface area contributed by atoms with Crippen LogP contribution in [-0.4, -0.2) is 59.8 Å². The molecule has 2 unspecified atom stereocenters. The Morgan fingerprint density at radius 2 is 1.66 bits per heavy atom. The van der Waals surface area contributed by atoms with Gasteiger partial charge in [0, 0.05) is 36.5 Å². The van der Waals surface area contributed by atoms with Crippen molar-refractivity contribution in [3.63, 3.8) is 0 Å². The second-order valence-corrected chi connectivity index (χ2v) is 9.14. The number of hydrogen-bond acceptors (Lipinski definition) is 4. The number of nitrogens with zero attached hydrogens (tertiary/aromatic N) is 2. The van der Waals surface area contributed by atoms with E-state index in [1.807, 2.05) is 13.8 Å². The third kappa shape index (κ3) is 9.67. The topological polar surface area (TPSA) is 82.0 Å². The van der Waals surface area contributed by atoms with Crippen molar-refractivity contribution in [2.24, 2.45) is 4.99 Å². The molecular formula is C30H37F2N3O3. The molecule has 2 atom stereocenters. The van der Waals surface area contributed by atoms with E-state index < -0.39 is 29.7 Å². The molecule has 0 spiro atoms. The number of amides is 2. The molecule has 2 aromatic carbocycles. The minimum Gasteiger partial charge on any atom is -0.389 e. The second kappa shape index (κ2) is 15.6. The average Bonchev–Trinajstić information content (AvgIpc) is 2.86. The average molecular weight is 526 g/mol. The van der Waals surface area contributed by atoms with Gasteiger partial charge in [0.25, 0.3) is 11.8 Å². The highest BCUT2D eigenvalue weighted by Crippen LogP contribution is 2.16. The standard InChI is InChI=1S/C30H37F2N3O3/c1-5-8-9-10-33-20-28(36)27(17-22-15-25(31)19-26(32)16-22)34-29(37)23-13-21(4)14-24(18-23)30(38)35(11-6-2)12-7-3/h5,8-10,13-16,18-19,27-28,36H,1,6-7,11-12,17,20H2,2-4H3,(H,34,37)/b9-8-,33-10?. The number of rotatable bonds is 14. The summed E-state index contributed by atoms with van der Waals surface area (Å²) in [5.74, 6) is -2.17. The molecule has 0 saturated heterocycles. The van der Waals surface area contributed by atoms with E-state index in [-0.39, 0.29) is 30.0 Å². The van der Waals surface area contributed by atoms with Crippen LogP contribution in [-0.2, 0) is 6.42 Å². The smallest absolute Gasteiger partial charge is 0.253 e. The Morgan fingerprint density at radius 1 is 1.03 bits per heavy atom. The van der Waals surface area contributed by atoms with Crippen molar-refractivity contribution in [2.45, 2.75) is 52.2 Å². The monoisotopic (exact) mass is 525 g/mol. The summed E-state index contributed by atoms with van der Waals surface area (Å²) in [6.45, 7) is 10.5. The molecule has 38 heavy (non-hydrogen) atoms. The molecule has 0 aromatic heterocycles. The zero-order valence-corrected chi connectivity index (χ0v) is 22.3. The van der Waals surface area contributed by atoms with Crippen LogP contribution in [0.5, 0.6) is 0 Å². The van der Waals surface area contributed by atoms with E-state index in [9.17, 15) is 23.5 Å². The summed E-state index contributed by atoms with van der Waals surface area (Å²) in [7, 11) is 0. The van der Waals surface area contributed by atoms with Gasteiger partial charge in [-0.3, -0.25) is 14.6 Å². The number of aliphatic imine (C=N–C) groups is 1. The van der Waals surface area contributed by atoms with Crippen LogP contribution in [0.15, 0.2) is 66.2 Å². The zero-order valence-electron chi connectivity index (χ0n) is 22.3. The number of benzene rings is 2. The Labute approximate surface area is 223 Å². The molecule has 2 amide bonds. The third-order valence-corrected chi connectivity index (χ3v) is 5.75.